The first kappa shape index (κ1) is 16.7. The van der Waals surface area contributed by atoms with Crippen LogP contribution in [0.4, 0.5) is 11.5 Å². The minimum Gasteiger partial charge on any atom is -0.409 e. The highest BCUT2D eigenvalue weighted by molar-refractivity contribution is 6.31. The third kappa shape index (κ3) is 3.11. The average molecular weight is 360 g/mol. The number of halogens is 1. The number of nitrogens with zero attached hydrogens (tertiary/aromatic N) is 5. The summed E-state index contributed by atoms with van der Waals surface area (Å²) in [6, 6.07) is 12.0. The molecule has 0 atom stereocenters. The van der Waals surface area contributed by atoms with Gasteiger partial charge < -0.3 is 15.3 Å². The first-order chi connectivity index (χ1) is 11.9. The van der Waals surface area contributed by atoms with Gasteiger partial charge in [-0.3, -0.25) is 0 Å². The van der Waals surface area contributed by atoms with Crippen LogP contribution in [0.2, 0.25) is 5.02 Å². The maximum atomic E-state index is 11.3. The van der Waals surface area contributed by atoms with Gasteiger partial charge in [0.1, 0.15) is 5.69 Å². The van der Waals surface area contributed by atoms with E-state index >= 15 is 0 Å². The fourth-order valence-electron chi connectivity index (χ4n) is 2.32. The standard InChI is InChI=1S/C16H14ClN5O3/c1-10-5-3-6-12(9-10)20-19-16(22(24)25)15(21(20)23)18-14-8-4-7-13(17)11(14)2/h3-9,23H,1-2H3. The summed E-state index contributed by atoms with van der Waals surface area (Å²) >= 11 is 6.06. The molecule has 0 aliphatic rings. The molecular formula is C16H14ClN5O3. The summed E-state index contributed by atoms with van der Waals surface area (Å²) < 4.78 is 0. The van der Waals surface area contributed by atoms with Gasteiger partial charge in [-0.1, -0.05) is 34.6 Å². The summed E-state index contributed by atoms with van der Waals surface area (Å²) in [7, 11) is 0. The molecule has 0 spiro atoms. The van der Waals surface area contributed by atoms with Gasteiger partial charge in [0.05, 0.1) is 10.8 Å². The lowest BCUT2D eigenvalue weighted by Gasteiger charge is -2.02. The second-order valence-electron chi connectivity index (χ2n) is 5.42. The molecule has 1 heterocycles. The lowest BCUT2D eigenvalue weighted by atomic mass is 10.2. The minimum atomic E-state index is -0.697. The van der Waals surface area contributed by atoms with Crippen molar-refractivity contribution in [1.29, 1.82) is 0 Å². The van der Waals surface area contributed by atoms with Crippen LogP contribution in [0.5, 0.6) is 0 Å². The van der Waals surface area contributed by atoms with Gasteiger partial charge in [0, 0.05) is 5.02 Å². The molecule has 8 nitrogen and oxygen atoms in total. The van der Waals surface area contributed by atoms with Crippen molar-refractivity contribution < 1.29 is 10.1 Å². The fourth-order valence-corrected chi connectivity index (χ4v) is 2.49. The van der Waals surface area contributed by atoms with Crippen molar-refractivity contribution in [3.05, 3.63) is 74.2 Å². The second-order valence-corrected chi connectivity index (χ2v) is 5.83. The summed E-state index contributed by atoms with van der Waals surface area (Å²) in [6.07, 6.45) is 0. The first-order valence-corrected chi connectivity index (χ1v) is 7.69. The van der Waals surface area contributed by atoms with Crippen molar-refractivity contribution in [2.24, 2.45) is 4.99 Å². The van der Waals surface area contributed by atoms with Gasteiger partial charge in [-0.05, 0) is 59.0 Å². The molecule has 3 aromatic rings. The zero-order valence-corrected chi connectivity index (χ0v) is 14.2. The zero-order chi connectivity index (χ0) is 18.1. The molecule has 0 saturated heterocycles. The molecule has 128 valence electrons. The molecule has 0 amide bonds. The third-order valence-corrected chi connectivity index (χ3v) is 4.04. The Bertz CT molecular complexity index is 1040. The molecule has 1 aromatic heterocycles. The Labute approximate surface area is 147 Å². The summed E-state index contributed by atoms with van der Waals surface area (Å²) in [5, 5.41) is 26.1. The van der Waals surface area contributed by atoms with Gasteiger partial charge in [0.25, 0.3) is 5.49 Å². The van der Waals surface area contributed by atoms with Crippen molar-refractivity contribution in [1.82, 2.24) is 14.7 Å². The highest BCUT2D eigenvalue weighted by Crippen LogP contribution is 2.25. The lowest BCUT2D eigenvalue weighted by Crippen LogP contribution is -2.22. The molecule has 1 N–H and O–H groups in total. The van der Waals surface area contributed by atoms with E-state index in [1.54, 1.807) is 43.3 Å². The van der Waals surface area contributed by atoms with Crippen LogP contribution in [0, 0.1) is 24.0 Å². The second kappa shape index (κ2) is 6.40. The number of aryl methyl sites for hydroxylation is 1. The topological polar surface area (TPSA) is 98.5 Å². The largest absolute Gasteiger partial charge is 0.438 e. The molecule has 3 rings (SSSR count). The Balaban J connectivity index is 2.28. The number of rotatable bonds is 3. The van der Waals surface area contributed by atoms with E-state index in [2.05, 4.69) is 10.1 Å². The monoisotopic (exact) mass is 359 g/mol. The Hall–Kier alpha value is -3.13. The van der Waals surface area contributed by atoms with Crippen LogP contribution in [0.25, 0.3) is 5.69 Å². The van der Waals surface area contributed by atoms with Crippen molar-refractivity contribution in [3.8, 4) is 5.69 Å². The highest BCUT2D eigenvalue weighted by Gasteiger charge is 2.24. The maximum absolute atomic E-state index is 11.3. The van der Waals surface area contributed by atoms with Gasteiger partial charge in [0.2, 0.25) is 0 Å². The number of aromatic nitrogens is 3. The summed E-state index contributed by atoms with van der Waals surface area (Å²) in [5.74, 6) is -0.566. The minimum absolute atomic E-state index is 0.295. The van der Waals surface area contributed by atoms with E-state index in [1.165, 1.54) is 0 Å². The molecule has 0 saturated carbocycles. The molecule has 0 fully saturated rings. The van der Waals surface area contributed by atoms with E-state index in [0.29, 0.717) is 26.8 Å². The van der Waals surface area contributed by atoms with Crippen molar-refractivity contribution in [3.63, 3.8) is 0 Å². The van der Waals surface area contributed by atoms with E-state index in [4.69, 9.17) is 11.6 Å². The van der Waals surface area contributed by atoms with Gasteiger partial charge >= 0.3 is 5.82 Å². The van der Waals surface area contributed by atoms with Gasteiger partial charge in [0.15, 0.2) is 0 Å². The van der Waals surface area contributed by atoms with Gasteiger partial charge in [-0.15, -0.1) is 0 Å². The van der Waals surface area contributed by atoms with Gasteiger partial charge in [-0.25, -0.2) is 4.99 Å². The SMILES string of the molecule is Cc1cccc(-n2nc([N+](=O)[O-])c(=Nc3cccc(Cl)c3C)n2O)c1. The van der Waals surface area contributed by atoms with E-state index in [9.17, 15) is 15.3 Å². The van der Waals surface area contributed by atoms with Crippen molar-refractivity contribution >= 4 is 23.1 Å². The fraction of sp³-hybridized carbons (Fsp3) is 0.125. The number of hydrogen-bond donors (Lipinski definition) is 1. The summed E-state index contributed by atoms with van der Waals surface area (Å²) in [4.78, 5) is 16.4. The van der Waals surface area contributed by atoms with Gasteiger partial charge in [-0.2, -0.15) is 0 Å². The molecule has 0 bridgehead atoms. The smallest absolute Gasteiger partial charge is 0.409 e. The molecule has 0 radical (unpaired) electrons. The Morgan fingerprint density at radius 2 is 1.96 bits per heavy atom. The van der Waals surface area contributed by atoms with Crippen LogP contribution >= 0.6 is 11.6 Å². The third-order valence-electron chi connectivity index (χ3n) is 3.63. The lowest BCUT2D eigenvalue weighted by molar-refractivity contribution is -0.391. The van der Waals surface area contributed by atoms with Crippen molar-refractivity contribution in [2.75, 3.05) is 0 Å². The van der Waals surface area contributed by atoms with Crippen LogP contribution in [0.1, 0.15) is 11.1 Å². The van der Waals surface area contributed by atoms with E-state index in [-0.39, 0.29) is 5.49 Å². The Kier molecular flexibility index (Phi) is 4.28. The molecule has 0 unspecified atom stereocenters. The van der Waals surface area contributed by atoms with E-state index in [1.807, 2.05) is 13.0 Å². The number of hydrogen-bond acceptors (Lipinski definition) is 5. The molecule has 9 heteroatoms. The molecule has 0 aliphatic heterocycles. The predicted molar refractivity (Wildman–Crippen MR) is 91.5 cm³/mol. The Morgan fingerprint density at radius 3 is 2.64 bits per heavy atom. The molecule has 0 aliphatic carbocycles. The average Bonchev–Trinajstić information content (AvgIpc) is 2.89. The maximum Gasteiger partial charge on any atom is 0.438 e. The van der Waals surface area contributed by atoms with Crippen LogP contribution in [-0.4, -0.2) is 24.9 Å². The number of benzene rings is 2. The van der Waals surface area contributed by atoms with E-state index in [0.717, 1.165) is 10.4 Å². The number of nitro groups is 1. The van der Waals surface area contributed by atoms with Crippen LogP contribution in [-0.2, 0) is 0 Å². The Morgan fingerprint density at radius 1 is 1.24 bits per heavy atom. The van der Waals surface area contributed by atoms with Crippen LogP contribution in [0.3, 0.4) is 0 Å². The molecule has 2 aromatic carbocycles. The summed E-state index contributed by atoms with van der Waals surface area (Å²) in [6.45, 7) is 3.60. The predicted octanol–water partition coefficient (Wildman–Crippen LogP) is 3.32. The summed E-state index contributed by atoms with van der Waals surface area (Å²) in [5.41, 5.74) is 2.13. The van der Waals surface area contributed by atoms with E-state index < -0.39 is 10.7 Å². The zero-order valence-electron chi connectivity index (χ0n) is 13.4. The highest BCUT2D eigenvalue weighted by atomic mass is 35.5. The normalized spacial score (nSPS) is 11.7. The first-order valence-electron chi connectivity index (χ1n) is 7.31. The van der Waals surface area contributed by atoms with Crippen molar-refractivity contribution in [2.45, 2.75) is 13.8 Å². The molecular weight excluding hydrogens is 346 g/mol. The van der Waals surface area contributed by atoms with Crippen LogP contribution < -0.4 is 5.49 Å². The van der Waals surface area contributed by atoms with Crippen LogP contribution in [0.15, 0.2) is 47.5 Å². The molecule has 25 heavy (non-hydrogen) atoms. The quantitative estimate of drug-likeness (QED) is 0.440.